The van der Waals surface area contributed by atoms with Crippen molar-refractivity contribution in [3.8, 4) is 0 Å². The van der Waals surface area contributed by atoms with Crippen molar-refractivity contribution in [1.82, 2.24) is 0 Å². The molecule has 0 saturated carbocycles. The maximum atomic E-state index is 13.7. The molecule has 118 valence electrons. The van der Waals surface area contributed by atoms with Crippen LogP contribution in [-0.4, -0.2) is 0 Å². The molecule has 0 heterocycles. The summed E-state index contributed by atoms with van der Waals surface area (Å²) in [4.78, 5) is -3.09. The maximum Gasteiger partial charge on any atom is 0.176 e. The molecular weight excluding hydrogens is 340 g/mol. The first kappa shape index (κ1) is 15.1. The summed E-state index contributed by atoms with van der Waals surface area (Å²) in [5, 5.41) is 0. The van der Waals surface area contributed by atoms with Crippen molar-refractivity contribution >= 4 is 11.8 Å². The van der Waals surface area contributed by atoms with Gasteiger partial charge in [0, 0.05) is 11.6 Å². The molecule has 0 aromatic heterocycles. The van der Waals surface area contributed by atoms with Gasteiger partial charge < -0.3 is 0 Å². The lowest BCUT2D eigenvalue weighted by Crippen LogP contribution is -2.04. The average molecular weight is 345 g/mol. The van der Waals surface area contributed by atoms with E-state index < -0.39 is 79.7 Å². The van der Waals surface area contributed by atoms with Crippen LogP contribution >= 0.6 is 11.8 Å². The van der Waals surface area contributed by atoms with Crippen LogP contribution in [0.5, 0.6) is 0 Å². The Kier molecular flexibility index (Phi) is 3.98. The Labute approximate surface area is 124 Å². The molecule has 0 aliphatic carbocycles. The third-order valence-corrected chi connectivity index (χ3v) is 3.78. The van der Waals surface area contributed by atoms with E-state index in [1.54, 1.807) is 0 Å². The third kappa shape index (κ3) is 2.53. The zero-order chi connectivity index (χ0) is 17.6. The zero-order valence-corrected chi connectivity index (χ0v) is 11.2. The Balaban J connectivity index is 2.71. The molecule has 0 aliphatic heterocycles. The van der Waals surface area contributed by atoms with Gasteiger partial charge in [-0.05, 0) is 6.92 Å². The number of benzene rings is 2. The summed E-state index contributed by atoms with van der Waals surface area (Å²) in [6.45, 7) is 0.723. The first-order chi connectivity index (χ1) is 10.6. The summed E-state index contributed by atoms with van der Waals surface area (Å²) in [6, 6.07) is -1.73. The van der Waals surface area contributed by atoms with Gasteiger partial charge in [-0.1, -0.05) is 11.8 Å². The highest BCUT2D eigenvalue weighted by molar-refractivity contribution is 7.99. The number of halogens is 8. The lowest BCUT2D eigenvalue weighted by Gasteiger charge is -2.11. The van der Waals surface area contributed by atoms with Crippen LogP contribution in [0.15, 0.2) is 15.8 Å². The van der Waals surface area contributed by atoms with Gasteiger partial charge in [0.15, 0.2) is 46.5 Å². The lowest BCUT2D eigenvalue weighted by molar-refractivity contribution is 0.414. The van der Waals surface area contributed by atoms with E-state index in [2.05, 4.69) is 0 Å². The van der Waals surface area contributed by atoms with Crippen molar-refractivity contribution in [3.63, 3.8) is 0 Å². The molecule has 9 heteroatoms. The monoisotopic (exact) mass is 345 g/mol. The Morgan fingerprint density at radius 2 is 1.05 bits per heavy atom. The first-order valence-corrected chi connectivity index (χ1v) is 6.24. The van der Waals surface area contributed by atoms with Gasteiger partial charge in [0.05, 0.1) is 11.2 Å². The highest BCUT2D eigenvalue weighted by atomic mass is 32.2. The van der Waals surface area contributed by atoms with Crippen molar-refractivity contribution in [2.75, 3.05) is 0 Å². The fourth-order valence-corrected chi connectivity index (χ4v) is 2.43. The van der Waals surface area contributed by atoms with Gasteiger partial charge in [-0.25, -0.2) is 35.1 Å². The van der Waals surface area contributed by atoms with Gasteiger partial charge >= 0.3 is 0 Å². The second kappa shape index (κ2) is 5.79. The zero-order valence-electron chi connectivity index (χ0n) is 11.4. The molecule has 0 spiro atoms. The SMILES string of the molecule is [2H]c1c(F)c(F)c(Sc2c(F)c(F)c(C)c(F)c2F)c(F)c1F. The van der Waals surface area contributed by atoms with Crippen molar-refractivity contribution in [2.24, 2.45) is 0 Å². The van der Waals surface area contributed by atoms with E-state index in [1.807, 2.05) is 0 Å². The van der Waals surface area contributed by atoms with Crippen LogP contribution in [0.4, 0.5) is 35.1 Å². The van der Waals surface area contributed by atoms with Crippen LogP contribution in [-0.2, 0) is 0 Å². The molecule has 0 unspecified atom stereocenters. The minimum atomic E-state index is -2.11. The van der Waals surface area contributed by atoms with E-state index in [9.17, 15) is 35.1 Å². The Morgan fingerprint density at radius 1 is 0.682 bits per heavy atom. The minimum absolute atomic E-state index is 0.575. The molecule has 0 N–H and O–H groups in total. The van der Waals surface area contributed by atoms with E-state index in [0.717, 1.165) is 6.92 Å². The molecular formula is C13H4F8S. The molecule has 0 saturated heterocycles. The summed E-state index contributed by atoms with van der Waals surface area (Å²) >= 11 is -0.575. The average Bonchev–Trinajstić information content (AvgIpc) is 2.54. The predicted octanol–water partition coefficient (Wildman–Crippen LogP) is 5.26. The fourth-order valence-electron chi connectivity index (χ4n) is 1.50. The van der Waals surface area contributed by atoms with E-state index in [4.69, 9.17) is 1.37 Å². The molecule has 0 fully saturated rings. The molecule has 2 aromatic carbocycles. The van der Waals surface area contributed by atoms with Gasteiger partial charge in [-0.15, -0.1) is 0 Å². The Bertz CT molecular complexity index is 695. The maximum absolute atomic E-state index is 13.7. The minimum Gasteiger partial charge on any atom is -0.204 e. The van der Waals surface area contributed by atoms with Crippen LogP contribution in [0.25, 0.3) is 0 Å². The highest BCUT2D eigenvalue weighted by Gasteiger charge is 2.27. The first-order valence-electron chi connectivity index (χ1n) is 5.92. The quantitative estimate of drug-likeness (QED) is 0.529. The van der Waals surface area contributed by atoms with Crippen molar-refractivity contribution < 1.29 is 36.5 Å². The normalized spacial score (nSPS) is 11.8. The van der Waals surface area contributed by atoms with Crippen LogP contribution < -0.4 is 0 Å². The molecule has 0 bridgehead atoms. The second-order valence-electron chi connectivity index (χ2n) is 4.02. The largest absolute Gasteiger partial charge is 0.204 e. The molecule has 0 atom stereocenters. The van der Waals surface area contributed by atoms with Gasteiger partial charge in [0.25, 0.3) is 0 Å². The molecule has 22 heavy (non-hydrogen) atoms. The van der Waals surface area contributed by atoms with E-state index in [-0.39, 0.29) is 0 Å². The van der Waals surface area contributed by atoms with Crippen molar-refractivity contribution in [3.05, 3.63) is 58.1 Å². The van der Waals surface area contributed by atoms with E-state index >= 15 is 0 Å². The Morgan fingerprint density at radius 3 is 1.45 bits per heavy atom. The number of hydrogen-bond donors (Lipinski definition) is 0. The molecule has 0 amide bonds. The van der Waals surface area contributed by atoms with E-state index in [0.29, 0.717) is 0 Å². The van der Waals surface area contributed by atoms with Crippen LogP contribution in [0, 0.1) is 53.5 Å². The molecule has 2 rings (SSSR count). The van der Waals surface area contributed by atoms with Gasteiger partial charge in [0.2, 0.25) is 0 Å². The second-order valence-corrected chi connectivity index (χ2v) is 5.04. The smallest absolute Gasteiger partial charge is 0.176 e. The molecule has 2 aromatic rings. The Hall–Kier alpha value is -1.77. The predicted molar refractivity (Wildman–Crippen MR) is 61.4 cm³/mol. The van der Waals surface area contributed by atoms with Gasteiger partial charge in [-0.2, -0.15) is 0 Å². The van der Waals surface area contributed by atoms with Gasteiger partial charge in [-0.3, -0.25) is 0 Å². The van der Waals surface area contributed by atoms with Crippen LogP contribution in [0.3, 0.4) is 0 Å². The summed E-state index contributed by atoms with van der Waals surface area (Å²) in [7, 11) is 0. The lowest BCUT2D eigenvalue weighted by atomic mass is 10.2. The summed E-state index contributed by atoms with van der Waals surface area (Å²) < 4.78 is 115. The topological polar surface area (TPSA) is 0 Å². The summed E-state index contributed by atoms with van der Waals surface area (Å²) in [5.41, 5.74) is -1.01. The summed E-state index contributed by atoms with van der Waals surface area (Å²) in [6.07, 6.45) is 0. The standard InChI is InChI=1S/C13H4F8S/c1-3-6(16)10(20)13(11(21)7(3)17)22-12-8(18)4(14)2-5(15)9(12)19/h2H,1H3/i2D. The molecule has 0 radical (unpaired) electrons. The molecule has 0 nitrogen and oxygen atoms in total. The van der Waals surface area contributed by atoms with Crippen LogP contribution in [0.1, 0.15) is 6.93 Å². The van der Waals surface area contributed by atoms with Gasteiger partial charge in [0.1, 0.15) is 0 Å². The van der Waals surface area contributed by atoms with E-state index in [1.165, 1.54) is 0 Å². The van der Waals surface area contributed by atoms with Crippen LogP contribution in [0.2, 0.25) is 0 Å². The van der Waals surface area contributed by atoms with Crippen molar-refractivity contribution in [1.29, 1.82) is 0 Å². The fraction of sp³-hybridized carbons (Fsp3) is 0.0769. The summed E-state index contributed by atoms with van der Waals surface area (Å²) in [5.74, 6) is -16.0. The highest BCUT2D eigenvalue weighted by Crippen LogP contribution is 2.39. The number of hydrogen-bond acceptors (Lipinski definition) is 1. The number of rotatable bonds is 2. The third-order valence-electron chi connectivity index (χ3n) is 2.65. The molecule has 0 aliphatic rings. The van der Waals surface area contributed by atoms with Crippen molar-refractivity contribution in [2.45, 2.75) is 16.7 Å².